The van der Waals surface area contributed by atoms with E-state index in [1.165, 1.54) is 24.3 Å². The molecule has 0 fully saturated rings. The van der Waals surface area contributed by atoms with Crippen LogP contribution in [0.4, 0.5) is 15.8 Å². The van der Waals surface area contributed by atoms with Crippen molar-refractivity contribution in [3.63, 3.8) is 0 Å². The normalized spacial score (nSPS) is 10.9. The molecule has 0 aliphatic rings. The Labute approximate surface area is 192 Å². The second-order valence-corrected chi connectivity index (χ2v) is 8.69. The molecule has 3 N–H and O–H groups in total. The summed E-state index contributed by atoms with van der Waals surface area (Å²) in [5, 5.41) is 8.37. The third-order valence-electron chi connectivity index (χ3n) is 4.72. The van der Waals surface area contributed by atoms with Crippen molar-refractivity contribution in [2.24, 2.45) is 0 Å². The number of halogens is 1. The van der Waals surface area contributed by atoms with Crippen molar-refractivity contribution >= 4 is 40.5 Å². The Balaban J connectivity index is 1.61. The summed E-state index contributed by atoms with van der Waals surface area (Å²) >= 11 is 5.24. The first-order valence-corrected chi connectivity index (χ1v) is 10.4. The van der Waals surface area contributed by atoms with Crippen LogP contribution in [0.2, 0.25) is 0 Å². The van der Waals surface area contributed by atoms with Gasteiger partial charge in [0.2, 0.25) is 0 Å². The maximum atomic E-state index is 13.0. The van der Waals surface area contributed by atoms with Gasteiger partial charge in [-0.1, -0.05) is 39.0 Å². The van der Waals surface area contributed by atoms with Crippen LogP contribution in [0.5, 0.6) is 0 Å². The predicted molar refractivity (Wildman–Crippen MR) is 130 cm³/mol. The largest absolute Gasteiger partial charge is 0.332 e. The fourth-order valence-electron chi connectivity index (χ4n) is 2.93. The van der Waals surface area contributed by atoms with Gasteiger partial charge in [0.15, 0.2) is 5.11 Å². The van der Waals surface area contributed by atoms with Gasteiger partial charge in [0.05, 0.1) is 0 Å². The third-order valence-corrected chi connectivity index (χ3v) is 4.93. The lowest BCUT2D eigenvalue weighted by molar-refractivity contribution is 0.0976. The first-order chi connectivity index (χ1) is 15.1. The van der Waals surface area contributed by atoms with E-state index in [-0.39, 0.29) is 28.2 Å². The number of rotatable bonds is 4. The molecule has 0 unspecified atom stereocenters. The topological polar surface area (TPSA) is 70.2 Å². The fraction of sp³-hybridized carbons (Fsp3) is 0.160. The second-order valence-electron chi connectivity index (χ2n) is 8.28. The SMILES string of the molecule is CC(C)(C)c1ccc(C(=O)NC(=S)Nc2cccc(C(=O)Nc3ccc(F)cc3)c2)cc1. The zero-order chi connectivity index (χ0) is 23.3. The number of benzene rings is 3. The van der Waals surface area contributed by atoms with Crippen LogP contribution in [-0.4, -0.2) is 16.9 Å². The highest BCUT2D eigenvalue weighted by Gasteiger charge is 2.15. The van der Waals surface area contributed by atoms with E-state index in [2.05, 4.69) is 36.7 Å². The van der Waals surface area contributed by atoms with E-state index in [4.69, 9.17) is 12.2 Å². The van der Waals surface area contributed by atoms with Crippen LogP contribution in [0.25, 0.3) is 0 Å². The van der Waals surface area contributed by atoms with Crippen LogP contribution in [0.1, 0.15) is 47.1 Å². The van der Waals surface area contributed by atoms with Gasteiger partial charge in [-0.25, -0.2) is 4.39 Å². The highest BCUT2D eigenvalue weighted by atomic mass is 32.1. The van der Waals surface area contributed by atoms with E-state index in [1.54, 1.807) is 36.4 Å². The van der Waals surface area contributed by atoms with Crippen LogP contribution in [0.3, 0.4) is 0 Å². The predicted octanol–water partition coefficient (Wildman–Crippen LogP) is 5.50. The van der Waals surface area contributed by atoms with Crippen molar-refractivity contribution in [2.45, 2.75) is 26.2 Å². The number of carbonyl (C=O) groups is 2. The third kappa shape index (κ3) is 6.21. The van der Waals surface area contributed by atoms with Crippen LogP contribution in [0, 0.1) is 5.82 Å². The molecule has 3 aromatic rings. The minimum absolute atomic E-state index is 0.000128. The molecule has 0 spiro atoms. The minimum atomic E-state index is -0.380. The highest BCUT2D eigenvalue weighted by Crippen LogP contribution is 2.22. The Hall–Kier alpha value is -3.58. The standard InChI is InChI=1S/C25H24FN3O2S/c1-25(2,3)18-9-7-16(8-10-18)22(30)29-24(32)28-21-6-4-5-17(15-21)23(31)27-20-13-11-19(26)12-14-20/h4-15H,1-3H3,(H,27,31)(H2,28,29,30,32). The number of hydrogen-bond acceptors (Lipinski definition) is 3. The molecule has 3 rings (SSSR count). The Morgan fingerprint density at radius 3 is 2.06 bits per heavy atom. The fourth-order valence-corrected chi connectivity index (χ4v) is 3.14. The molecule has 0 atom stereocenters. The van der Waals surface area contributed by atoms with E-state index in [0.717, 1.165) is 5.56 Å². The smallest absolute Gasteiger partial charge is 0.257 e. The van der Waals surface area contributed by atoms with Gasteiger partial charge >= 0.3 is 0 Å². The van der Waals surface area contributed by atoms with Crippen molar-refractivity contribution in [1.29, 1.82) is 0 Å². The molecule has 2 amide bonds. The summed E-state index contributed by atoms with van der Waals surface area (Å²) < 4.78 is 13.0. The van der Waals surface area contributed by atoms with Crippen LogP contribution in [-0.2, 0) is 5.41 Å². The summed E-state index contributed by atoms with van der Waals surface area (Å²) in [5.41, 5.74) is 3.03. The van der Waals surface area contributed by atoms with E-state index >= 15 is 0 Å². The molecule has 0 saturated carbocycles. The highest BCUT2D eigenvalue weighted by molar-refractivity contribution is 7.80. The van der Waals surface area contributed by atoms with Crippen molar-refractivity contribution in [3.05, 3.63) is 95.3 Å². The van der Waals surface area contributed by atoms with E-state index < -0.39 is 0 Å². The van der Waals surface area contributed by atoms with Gasteiger partial charge in [-0.05, 0) is 77.8 Å². The Bertz CT molecular complexity index is 1140. The zero-order valence-electron chi connectivity index (χ0n) is 18.0. The molecule has 7 heteroatoms. The van der Waals surface area contributed by atoms with Crippen molar-refractivity contribution < 1.29 is 14.0 Å². The summed E-state index contributed by atoms with van der Waals surface area (Å²) in [6.07, 6.45) is 0. The Kier molecular flexibility index (Phi) is 7.00. The molecule has 3 aromatic carbocycles. The molecule has 0 aliphatic carbocycles. The summed E-state index contributed by atoms with van der Waals surface area (Å²) in [6, 6.07) is 19.5. The molecular weight excluding hydrogens is 425 g/mol. The molecule has 5 nitrogen and oxygen atoms in total. The minimum Gasteiger partial charge on any atom is -0.332 e. The van der Waals surface area contributed by atoms with E-state index in [0.29, 0.717) is 22.5 Å². The average molecular weight is 450 g/mol. The Morgan fingerprint density at radius 1 is 0.781 bits per heavy atom. The number of anilines is 2. The van der Waals surface area contributed by atoms with Crippen LogP contribution < -0.4 is 16.0 Å². The van der Waals surface area contributed by atoms with Crippen LogP contribution >= 0.6 is 12.2 Å². The van der Waals surface area contributed by atoms with Crippen molar-refractivity contribution in [2.75, 3.05) is 10.6 Å². The van der Waals surface area contributed by atoms with Crippen LogP contribution in [0.15, 0.2) is 72.8 Å². The van der Waals surface area contributed by atoms with E-state index in [1.807, 2.05) is 12.1 Å². The number of thiocarbonyl (C=S) groups is 1. The Morgan fingerprint density at radius 2 is 1.44 bits per heavy atom. The molecule has 0 aliphatic heterocycles. The zero-order valence-corrected chi connectivity index (χ0v) is 18.8. The van der Waals surface area contributed by atoms with Gasteiger partial charge in [0.1, 0.15) is 5.82 Å². The number of amides is 2. The lowest BCUT2D eigenvalue weighted by Crippen LogP contribution is -2.34. The first kappa shape index (κ1) is 23.1. The van der Waals surface area contributed by atoms with Crippen molar-refractivity contribution in [3.8, 4) is 0 Å². The molecule has 0 heterocycles. The number of nitrogens with one attached hydrogen (secondary N) is 3. The summed E-state index contributed by atoms with van der Waals surface area (Å²) in [6.45, 7) is 6.32. The maximum absolute atomic E-state index is 13.0. The molecule has 32 heavy (non-hydrogen) atoms. The van der Waals surface area contributed by atoms with Gasteiger partial charge in [-0.3, -0.25) is 14.9 Å². The quantitative estimate of drug-likeness (QED) is 0.460. The number of carbonyl (C=O) groups excluding carboxylic acids is 2. The molecule has 0 radical (unpaired) electrons. The summed E-state index contributed by atoms with van der Waals surface area (Å²) in [7, 11) is 0. The molecule has 164 valence electrons. The monoisotopic (exact) mass is 449 g/mol. The van der Waals surface area contributed by atoms with Gasteiger partial charge in [0, 0.05) is 22.5 Å². The lowest BCUT2D eigenvalue weighted by atomic mass is 9.87. The second kappa shape index (κ2) is 9.70. The van der Waals surface area contributed by atoms with Gasteiger partial charge < -0.3 is 10.6 Å². The van der Waals surface area contributed by atoms with Crippen molar-refractivity contribution in [1.82, 2.24) is 5.32 Å². The van der Waals surface area contributed by atoms with E-state index in [9.17, 15) is 14.0 Å². The average Bonchev–Trinajstić information content (AvgIpc) is 2.75. The molecule has 0 bridgehead atoms. The van der Waals surface area contributed by atoms with Gasteiger partial charge in [0.25, 0.3) is 11.8 Å². The first-order valence-electron chi connectivity index (χ1n) is 10.0. The maximum Gasteiger partial charge on any atom is 0.257 e. The molecule has 0 saturated heterocycles. The van der Waals surface area contributed by atoms with Gasteiger partial charge in [-0.2, -0.15) is 0 Å². The molecule has 0 aromatic heterocycles. The molecular formula is C25H24FN3O2S. The number of hydrogen-bond donors (Lipinski definition) is 3. The summed E-state index contributed by atoms with van der Waals surface area (Å²) in [5.74, 6) is -1.06. The lowest BCUT2D eigenvalue weighted by Gasteiger charge is -2.19. The van der Waals surface area contributed by atoms with Gasteiger partial charge in [-0.15, -0.1) is 0 Å². The summed E-state index contributed by atoms with van der Waals surface area (Å²) in [4.78, 5) is 24.9.